The van der Waals surface area contributed by atoms with Crippen molar-refractivity contribution in [2.24, 2.45) is 5.92 Å². The zero-order valence-electron chi connectivity index (χ0n) is 21.3. The lowest BCUT2D eigenvalue weighted by atomic mass is 10.0. The lowest BCUT2D eigenvalue weighted by molar-refractivity contribution is -0.120. The predicted molar refractivity (Wildman–Crippen MR) is 140 cm³/mol. The maximum absolute atomic E-state index is 12.5. The first-order valence-corrected chi connectivity index (χ1v) is 13.2. The summed E-state index contributed by atoms with van der Waals surface area (Å²) >= 11 is 1.55. The van der Waals surface area contributed by atoms with E-state index in [9.17, 15) is 4.79 Å². The molecule has 1 amide bonds. The molecule has 0 spiro atoms. The number of hydrogen-bond acceptors (Lipinski definition) is 6. The molecule has 1 aromatic carbocycles. The van der Waals surface area contributed by atoms with Crippen LogP contribution < -0.4 is 10.1 Å². The fourth-order valence-electron chi connectivity index (χ4n) is 4.20. The van der Waals surface area contributed by atoms with Crippen LogP contribution in [0.2, 0.25) is 0 Å². The Bertz CT molecular complexity index is 1120. The Morgan fingerprint density at radius 3 is 2.60 bits per heavy atom. The molecule has 35 heavy (non-hydrogen) atoms. The van der Waals surface area contributed by atoms with Crippen molar-refractivity contribution in [1.82, 2.24) is 20.1 Å². The van der Waals surface area contributed by atoms with Gasteiger partial charge >= 0.3 is 0 Å². The molecule has 0 aliphatic carbocycles. The van der Waals surface area contributed by atoms with Crippen LogP contribution in [0, 0.1) is 5.92 Å². The number of nitrogens with one attached hydrogen (secondary N) is 1. The molecule has 2 aromatic heterocycles. The van der Waals surface area contributed by atoms with Crippen LogP contribution in [0.4, 0.5) is 0 Å². The highest BCUT2D eigenvalue weighted by Gasteiger charge is 2.24. The monoisotopic (exact) mass is 496 g/mol. The molecule has 0 radical (unpaired) electrons. The van der Waals surface area contributed by atoms with Crippen molar-refractivity contribution in [2.75, 3.05) is 19.8 Å². The predicted octanol–water partition coefficient (Wildman–Crippen LogP) is 5.30. The molecule has 7 nitrogen and oxygen atoms in total. The molecular weight excluding hydrogens is 460 g/mol. The lowest BCUT2D eigenvalue weighted by Gasteiger charge is -2.23. The molecule has 188 valence electrons. The molecule has 0 bridgehead atoms. The fourth-order valence-corrected chi connectivity index (χ4v) is 5.03. The molecule has 0 saturated carbocycles. The summed E-state index contributed by atoms with van der Waals surface area (Å²) in [6, 6.07) is 8.13. The summed E-state index contributed by atoms with van der Waals surface area (Å²) in [5.74, 6) is 1.36. The minimum absolute atomic E-state index is 0.0136. The van der Waals surface area contributed by atoms with E-state index in [1.165, 1.54) is 0 Å². The Balaban J connectivity index is 1.53. The zero-order valence-corrected chi connectivity index (χ0v) is 22.2. The van der Waals surface area contributed by atoms with E-state index in [4.69, 9.17) is 19.6 Å². The maximum Gasteiger partial charge on any atom is 0.226 e. The van der Waals surface area contributed by atoms with Crippen LogP contribution in [0.3, 0.4) is 0 Å². The van der Waals surface area contributed by atoms with Gasteiger partial charge in [0.25, 0.3) is 0 Å². The van der Waals surface area contributed by atoms with Crippen molar-refractivity contribution in [3.63, 3.8) is 0 Å². The van der Waals surface area contributed by atoms with Gasteiger partial charge in [0, 0.05) is 30.7 Å². The molecule has 0 atom stereocenters. The van der Waals surface area contributed by atoms with Crippen LogP contribution in [0.25, 0.3) is 21.8 Å². The number of hydrogen-bond donors (Lipinski definition) is 1. The lowest BCUT2D eigenvalue weighted by Crippen LogP contribution is -2.33. The van der Waals surface area contributed by atoms with E-state index < -0.39 is 0 Å². The second kappa shape index (κ2) is 10.9. The van der Waals surface area contributed by atoms with Crippen molar-refractivity contribution in [1.29, 1.82) is 0 Å². The van der Waals surface area contributed by atoms with Gasteiger partial charge in [-0.25, -0.2) is 4.98 Å². The summed E-state index contributed by atoms with van der Waals surface area (Å²) < 4.78 is 13.3. The molecule has 3 aromatic rings. The van der Waals surface area contributed by atoms with Crippen LogP contribution in [-0.4, -0.2) is 46.5 Å². The molecular formula is C27H36N4O3S. The van der Waals surface area contributed by atoms with Crippen LogP contribution in [0.5, 0.6) is 5.75 Å². The number of carbonyl (C=O) groups excluding carboxylic acids is 1. The number of rotatable bonds is 8. The molecule has 0 unspecified atom stereocenters. The molecule has 8 heteroatoms. The number of aromatic nitrogens is 3. The first-order chi connectivity index (χ1) is 16.7. The highest BCUT2D eigenvalue weighted by atomic mass is 32.1. The van der Waals surface area contributed by atoms with E-state index in [0.29, 0.717) is 12.5 Å². The van der Waals surface area contributed by atoms with E-state index in [1.54, 1.807) is 11.3 Å². The minimum atomic E-state index is -0.204. The summed E-state index contributed by atoms with van der Waals surface area (Å²) in [7, 11) is 0. The molecule has 4 rings (SSSR count). The first kappa shape index (κ1) is 25.4. The Kier molecular flexibility index (Phi) is 7.91. The number of thiazole rings is 1. The van der Waals surface area contributed by atoms with E-state index in [2.05, 4.69) is 38.2 Å². The Morgan fingerprint density at radius 1 is 1.23 bits per heavy atom. The van der Waals surface area contributed by atoms with Gasteiger partial charge in [0.1, 0.15) is 10.8 Å². The van der Waals surface area contributed by atoms with Crippen LogP contribution >= 0.6 is 11.3 Å². The number of amides is 1. The summed E-state index contributed by atoms with van der Waals surface area (Å²) in [5.41, 5.74) is 3.61. The summed E-state index contributed by atoms with van der Waals surface area (Å²) in [6.07, 6.45) is 4.30. The van der Waals surface area contributed by atoms with Gasteiger partial charge in [0.2, 0.25) is 5.91 Å². The Hall–Kier alpha value is -2.71. The molecule has 1 N–H and O–H groups in total. The summed E-state index contributed by atoms with van der Waals surface area (Å²) in [4.78, 5) is 17.3. The fraction of sp³-hybridized carbons (Fsp3) is 0.519. The first-order valence-electron chi connectivity index (χ1n) is 12.4. The third kappa shape index (κ3) is 6.49. The third-order valence-corrected chi connectivity index (χ3v) is 6.88. The van der Waals surface area contributed by atoms with E-state index in [1.807, 2.05) is 42.2 Å². The highest BCUT2D eigenvalue weighted by molar-refractivity contribution is 7.13. The number of carbonyl (C=O) groups is 1. The Morgan fingerprint density at radius 2 is 1.94 bits per heavy atom. The van der Waals surface area contributed by atoms with Gasteiger partial charge in [-0.1, -0.05) is 0 Å². The van der Waals surface area contributed by atoms with Crippen LogP contribution in [-0.2, 0) is 21.5 Å². The van der Waals surface area contributed by atoms with Crippen molar-refractivity contribution in [3.8, 4) is 27.6 Å². The smallest absolute Gasteiger partial charge is 0.226 e. The number of benzene rings is 1. The average Bonchev–Trinajstić information content (AvgIpc) is 3.45. The van der Waals surface area contributed by atoms with Gasteiger partial charge in [0.15, 0.2) is 0 Å². The zero-order chi connectivity index (χ0) is 25.0. The van der Waals surface area contributed by atoms with Crippen molar-refractivity contribution in [3.05, 3.63) is 41.5 Å². The van der Waals surface area contributed by atoms with E-state index >= 15 is 0 Å². The van der Waals surface area contributed by atoms with E-state index in [0.717, 1.165) is 59.3 Å². The Labute approximate surface area is 211 Å². The number of ether oxygens (including phenoxy) is 2. The van der Waals surface area contributed by atoms with E-state index in [-0.39, 0.29) is 24.0 Å². The van der Waals surface area contributed by atoms with Gasteiger partial charge in [-0.15, -0.1) is 11.3 Å². The summed E-state index contributed by atoms with van der Waals surface area (Å²) in [5, 5.41) is 10.6. The van der Waals surface area contributed by atoms with Gasteiger partial charge in [-0.05, 0) is 77.6 Å². The van der Waals surface area contributed by atoms with Crippen molar-refractivity contribution >= 4 is 17.2 Å². The largest absolute Gasteiger partial charge is 0.491 e. The second-order valence-corrected chi connectivity index (χ2v) is 11.2. The molecule has 1 aliphatic heterocycles. The van der Waals surface area contributed by atoms with Crippen LogP contribution in [0.15, 0.2) is 35.8 Å². The third-order valence-electron chi connectivity index (χ3n) is 5.96. The highest BCUT2D eigenvalue weighted by Crippen LogP contribution is 2.37. The quantitative estimate of drug-likeness (QED) is 0.458. The normalized spacial score (nSPS) is 14.9. The maximum atomic E-state index is 12.5. The standard InChI is InChI=1S/C27H36N4O3S/c1-18(2)34-22-8-6-20(7-9-22)25-23(16-29-31(25)27(3,4)5)26-30-21(17-35-26)14-24(32)28-15-19-10-12-33-13-11-19/h6-9,16-19H,10-15H2,1-5H3,(H,28,32). The average molecular weight is 497 g/mol. The topological polar surface area (TPSA) is 78.3 Å². The van der Waals surface area contributed by atoms with Gasteiger partial charge in [-0.3, -0.25) is 9.48 Å². The molecule has 3 heterocycles. The SMILES string of the molecule is CC(C)Oc1ccc(-c2c(-c3nc(CC(=O)NCC4CCOCC4)cs3)cnn2C(C)(C)C)cc1. The second-order valence-electron chi connectivity index (χ2n) is 10.4. The van der Waals surface area contributed by atoms with Crippen molar-refractivity contribution in [2.45, 2.75) is 65.5 Å². The molecule has 1 fully saturated rings. The molecule has 1 aliphatic rings. The number of nitrogens with zero attached hydrogens (tertiary/aromatic N) is 3. The van der Waals surface area contributed by atoms with Gasteiger partial charge in [0.05, 0.1) is 41.2 Å². The van der Waals surface area contributed by atoms with Gasteiger partial charge < -0.3 is 14.8 Å². The molecule has 1 saturated heterocycles. The summed E-state index contributed by atoms with van der Waals surface area (Å²) in [6.45, 7) is 12.7. The van der Waals surface area contributed by atoms with Crippen molar-refractivity contribution < 1.29 is 14.3 Å². The van der Waals surface area contributed by atoms with Crippen LogP contribution in [0.1, 0.15) is 53.2 Å². The van der Waals surface area contributed by atoms with Gasteiger partial charge in [-0.2, -0.15) is 5.10 Å². The minimum Gasteiger partial charge on any atom is -0.491 e.